The summed E-state index contributed by atoms with van der Waals surface area (Å²) in [4.78, 5) is 12.3. The minimum Gasteiger partial charge on any atom is -0.396 e. The molecule has 0 aliphatic heterocycles. The van der Waals surface area contributed by atoms with Gasteiger partial charge in [0, 0.05) is 12.6 Å². The van der Waals surface area contributed by atoms with Gasteiger partial charge in [-0.2, -0.15) is 0 Å². The second kappa shape index (κ2) is 6.10. The van der Waals surface area contributed by atoms with Gasteiger partial charge in [-0.25, -0.2) is 0 Å². The molecule has 1 atom stereocenters. The van der Waals surface area contributed by atoms with E-state index in [0.29, 0.717) is 15.6 Å². The third-order valence-corrected chi connectivity index (χ3v) is 3.33. The summed E-state index contributed by atoms with van der Waals surface area (Å²) in [6, 6.07) is 3.44. The first-order valence-electron chi connectivity index (χ1n) is 4.84. The molecule has 0 fully saturated rings. The summed E-state index contributed by atoms with van der Waals surface area (Å²) >= 11 is 6.99. The highest BCUT2D eigenvalue weighted by Gasteiger charge is 2.13. The third-order valence-electron chi connectivity index (χ3n) is 2.10. The van der Waals surface area contributed by atoms with Crippen molar-refractivity contribution in [1.82, 2.24) is 5.32 Å². The normalized spacial score (nSPS) is 12.5. The van der Waals surface area contributed by atoms with Crippen LogP contribution in [0.1, 0.15) is 29.4 Å². The molecule has 15 heavy (non-hydrogen) atoms. The summed E-state index contributed by atoms with van der Waals surface area (Å²) in [6.07, 6.45) is 1.40. The number of thiophene rings is 1. The number of aliphatic hydroxyl groups excluding tert-OH is 1. The lowest BCUT2D eigenvalue weighted by molar-refractivity contribution is 0.0933. The first kappa shape index (κ1) is 12.5. The molecular weight excluding hydrogens is 234 g/mol. The molecule has 5 heteroatoms. The van der Waals surface area contributed by atoms with Gasteiger partial charge in [-0.15, -0.1) is 11.3 Å². The van der Waals surface area contributed by atoms with Crippen molar-refractivity contribution in [2.75, 3.05) is 6.61 Å². The largest absolute Gasteiger partial charge is 0.396 e. The Hall–Kier alpha value is -0.580. The van der Waals surface area contributed by atoms with E-state index in [1.807, 2.05) is 6.92 Å². The van der Waals surface area contributed by atoms with E-state index in [-0.39, 0.29) is 18.6 Å². The van der Waals surface area contributed by atoms with Gasteiger partial charge in [0.05, 0.1) is 9.21 Å². The molecule has 84 valence electrons. The number of hydrogen-bond acceptors (Lipinski definition) is 3. The van der Waals surface area contributed by atoms with Crippen LogP contribution in [-0.4, -0.2) is 23.7 Å². The molecule has 0 spiro atoms. The van der Waals surface area contributed by atoms with Gasteiger partial charge in [-0.05, 0) is 25.0 Å². The lowest BCUT2D eigenvalue weighted by atomic mass is 10.1. The van der Waals surface area contributed by atoms with Crippen molar-refractivity contribution in [3.63, 3.8) is 0 Å². The Morgan fingerprint density at radius 2 is 2.40 bits per heavy atom. The SMILES string of the molecule is CCC(CCO)NC(=O)c1ccc(Cl)s1. The molecule has 1 heterocycles. The van der Waals surface area contributed by atoms with Gasteiger partial charge in [0.1, 0.15) is 0 Å². The Morgan fingerprint density at radius 1 is 1.67 bits per heavy atom. The van der Waals surface area contributed by atoms with E-state index in [0.717, 1.165) is 6.42 Å². The molecule has 1 unspecified atom stereocenters. The molecule has 0 saturated heterocycles. The molecule has 0 aromatic carbocycles. The van der Waals surface area contributed by atoms with Crippen molar-refractivity contribution in [3.05, 3.63) is 21.3 Å². The van der Waals surface area contributed by atoms with Crippen molar-refractivity contribution < 1.29 is 9.90 Å². The number of halogens is 1. The predicted octanol–water partition coefficient (Wildman–Crippen LogP) is 2.29. The fourth-order valence-corrected chi connectivity index (χ4v) is 2.17. The van der Waals surface area contributed by atoms with E-state index in [9.17, 15) is 4.79 Å². The standard InChI is InChI=1S/C10H14ClNO2S/c1-2-7(5-6-13)12-10(14)8-3-4-9(11)15-8/h3-4,7,13H,2,5-6H2,1H3,(H,12,14). The maximum Gasteiger partial charge on any atom is 0.261 e. The van der Waals surface area contributed by atoms with Crippen LogP contribution in [0.2, 0.25) is 4.34 Å². The van der Waals surface area contributed by atoms with Gasteiger partial charge in [0.2, 0.25) is 0 Å². The third kappa shape index (κ3) is 3.81. The molecule has 3 nitrogen and oxygen atoms in total. The average molecular weight is 248 g/mol. The summed E-state index contributed by atoms with van der Waals surface area (Å²) in [5.74, 6) is -0.118. The fourth-order valence-electron chi connectivity index (χ4n) is 1.23. The molecule has 0 bridgehead atoms. The zero-order chi connectivity index (χ0) is 11.3. The Balaban J connectivity index is 2.54. The number of nitrogens with one attached hydrogen (secondary N) is 1. The van der Waals surface area contributed by atoms with Crippen LogP contribution in [0, 0.1) is 0 Å². The molecule has 2 N–H and O–H groups in total. The second-order valence-electron chi connectivity index (χ2n) is 3.19. The number of aliphatic hydroxyl groups is 1. The Labute approximate surface area is 98.1 Å². The molecule has 1 aromatic rings. The predicted molar refractivity (Wildman–Crippen MR) is 62.6 cm³/mol. The van der Waals surface area contributed by atoms with E-state index >= 15 is 0 Å². The minimum atomic E-state index is -0.118. The second-order valence-corrected chi connectivity index (χ2v) is 4.91. The van der Waals surface area contributed by atoms with E-state index in [2.05, 4.69) is 5.32 Å². The molecule has 0 aliphatic rings. The van der Waals surface area contributed by atoms with E-state index in [4.69, 9.17) is 16.7 Å². The highest BCUT2D eigenvalue weighted by atomic mass is 35.5. The Kier molecular flexibility index (Phi) is 5.08. The number of hydrogen-bond donors (Lipinski definition) is 2. The van der Waals surface area contributed by atoms with E-state index < -0.39 is 0 Å². The van der Waals surface area contributed by atoms with Crippen molar-refractivity contribution >= 4 is 28.8 Å². The summed E-state index contributed by atoms with van der Waals surface area (Å²) < 4.78 is 0.607. The zero-order valence-electron chi connectivity index (χ0n) is 8.50. The Morgan fingerprint density at radius 3 is 2.87 bits per heavy atom. The van der Waals surface area contributed by atoms with Crippen molar-refractivity contribution in [2.24, 2.45) is 0 Å². The average Bonchev–Trinajstić information content (AvgIpc) is 2.64. The van der Waals surface area contributed by atoms with Crippen LogP contribution in [0.5, 0.6) is 0 Å². The van der Waals surface area contributed by atoms with Gasteiger partial charge < -0.3 is 10.4 Å². The van der Waals surface area contributed by atoms with Crippen LogP contribution in [0.3, 0.4) is 0 Å². The van der Waals surface area contributed by atoms with Gasteiger partial charge in [0.15, 0.2) is 0 Å². The number of carbonyl (C=O) groups excluding carboxylic acids is 1. The lowest BCUT2D eigenvalue weighted by Crippen LogP contribution is -2.34. The van der Waals surface area contributed by atoms with E-state index in [1.165, 1.54) is 11.3 Å². The van der Waals surface area contributed by atoms with Crippen molar-refractivity contribution in [2.45, 2.75) is 25.8 Å². The van der Waals surface area contributed by atoms with Crippen molar-refractivity contribution in [1.29, 1.82) is 0 Å². The van der Waals surface area contributed by atoms with Crippen molar-refractivity contribution in [3.8, 4) is 0 Å². The summed E-state index contributed by atoms with van der Waals surface area (Å²) in [5, 5.41) is 11.6. The molecule has 0 radical (unpaired) electrons. The van der Waals surface area contributed by atoms with Crippen LogP contribution in [-0.2, 0) is 0 Å². The van der Waals surface area contributed by atoms with Crippen LogP contribution in [0.15, 0.2) is 12.1 Å². The van der Waals surface area contributed by atoms with Gasteiger partial charge in [-0.1, -0.05) is 18.5 Å². The minimum absolute atomic E-state index is 0.0309. The highest BCUT2D eigenvalue weighted by molar-refractivity contribution is 7.17. The van der Waals surface area contributed by atoms with Gasteiger partial charge >= 0.3 is 0 Å². The maximum atomic E-state index is 11.7. The van der Waals surface area contributed by atoms with Crippen LogP contribution in [0.25, 0.3) is 0 Å². The van der Waals surface area contributed by atoms with E-state index in [1.54, 1.807) is 12.1 Å². The number of amides is 1. The monoisotopic (exact) mass is 247 g/mol. The Bertz CT molecular complexity index is 327. The molecular formula is C10H14ClNO2S. The van der Waals surface area contributed by atoms with Gasteiger partial charge in [0.25, 0.3) is 5.91 Å². The molecule has 1 rings (SSSR count). The molecule has 0 aliphatic carbocycles. The number of rotatable bonds is 5. The zero-order valence-corrected chi connectivity index (χ0v) is 10.1. The fraction of sp³-hybridized carbons (Fsp3) is 0.500. The lowest BCUT2D eigenvalue weighted by Gasteiger charge is -2.14. The smallest absolute Gasteiger partial charge is 0.261 e. The van der Waals surface area contributed by atoms with Crippen LogP contribution < -0.4 is 5.32 Å². The van der Waals surface area contributed by atoms with Gasteiger partial charge in [-0.3, -0.25) is 4.79 Å². The quantitative estimate of drug-likeness (QED) is 0.839. The topological polar surface area (TPSA) is 49.3 Å². The summed E-state index contributed by atoms with van der Waals surface area (Å²) in [6.45, 7) is 2.06. The highest BCUT2D eigenvalue weighted by Crippen LogP contribution is 2.21. The maximum absolute atomic E-state index is 11.7. The molecule has 1 amide bonds. The first-order valence-corrected chi connectivity index (χ1v) is 6.04. The number of carbonyl (C=O) groups is 1. The molecule has 0 saturated carbocycles. The van der Waals surface area contributed by atoms with Crippen LogP contribution in [0.4, 0.5) is 0 Å². The summed E-state index contributed by atoms with van der Waals surface area (Å²) in [5.41, 5.74) is 0. The summed E-state index contributed by atoms with van der Waals surface area (Å²) in [7, 11) is 0. The molecule has 1 aromatic heterocycles. The first-order chi connectivity index (χ1) is 7.17. The van der Waals surface area contributed by atoms with Crippen LogP contribution >= 0.6 is 22.9 Å².